The van der Waals surface area contributed by atoms with Gasteiger partial charge >= 0.3 is 0 Å². The topological polar surface area (TPSA) is 73.6 Å². The number of aryl methyl sites for hydroxylation is 1. The number of nitrogen functional groups attached to an aromatic ring is 1. The van der Waals surface area contributed by atoms with Crippen molar-refractivity contribution < 1.29 is 14.3 Å². The van der Waals surface area contributed by atoms with Crippen LogP contribution in [0.3, 0.4) is 0 Å². The molecule has 0 radical (unpaired) electrons. The fourth-order valence-corrected chi connectivity index (χ4v) is 2.04. The molecule has 2 rings (SSSR count). The summed E-state index contributed by atoms with van der Waals surface area (Å²) in [5, 5.41) is 2.73. The molecule has 0 aliphatic carbocycles. The lowest BCUT2D eigenvalue weighted by Crippen LogP contribution is -2.22. The minimum Gasteiger partial charge on any atom is -0.397 e. The zero-order chi connectivity index (χ0) is 13.7. The van der Waals surface area contributed by atoms with Crippen LogP contribution in [0.25, 0.3) is 0 Å². The van der Waals surface area contributed by atoms with Gasteiger partial charge in [0.05, 0.1) is 24.1 Å². The summed E-state index contributed by atoms with van der Waals surface area (Å²) in [6.07, 6.45) is 2.21. The molecule has 1 fully saturated rings. The maximum absolute atomic E-state index is 11.7. The van der Waals surface area contributed by atoms with E-state index in [1.54, 1.807) is 6.07 Å². The van der Waals surface area contributed by atoms with E-state index >= 15 is 0 Å². The van der Waals surface area contributed by atoms with E-state index in [2.05, 4.69) is 5.32 Å². The van der Waals surface area contributed by atoms with E-state index in [9.17, 15) is 4.79 Å². The Morgan fingerprint density at radius 1 is 1.58 bits per heavy atom. The van der Waals surface area contributed by atoms with E-state index in [0.717, 1.165) is 25.0 Å². The predicted molar refractivity (Wildman–Crippen MR) is 74.0 cm³/mol. The molecule has 0 bridgehead atoms. The smallest absolute Gasteiger partial charge is 0.250 e. The lowest BCUT2D eigenvalue weighted by molar-refractivity contribution is -0.121. The van der Waals surface area contributed by atoms with Crippen LogP contribution in [0, 0.1) is 6.92 Å². The number of nitrogens with two attached hydrogens (primary N) is 1. The number of amides is 1. The number of carbonyl (C=O) groups is 1. The average Bonchev–Trinajstić information content (AvgIpc) is 2.86. The van der Waals surface area contributed by atoms with Crippen molar-refractivity contribution in [1.82, 2.24) is 0 Å². The van der Waals surface area contributed by atoms with Gasteiger partial charge in [-0.15, -0.1) is 0 Å². The van der Waals surface area contributed by atoms with Gasteiger partial charge < -0.3 is 20.5 Å². The number of carbonyl (C=O) groups excluding carboxylic acids is 1. The van der Waals surface area contributed by atoms with E-state index in [1.807, 2.05) is 19.1 Å². The molecule has 1 aliphatic heterocycles. The lowest BCUT2D eigenvalue weighted by atomic mass is 10.2. The minimum absolute atomic E-state index is 0.0210. The standard InChI is InChI=1S/C14H20N2O3/c1-10-4-5-13(12(15)7-10)16-14(17)9-18-8-11-3-2-6-19-11/h4-5,7,11H,2-3,6,8-9,15H2,1H3,(H,16,17). The zero-order valence-electron chi connectivity index (χ0n) is 11.1. The van der Waals surface area contributed by atoms with Crippen molar-refractivity contribution in [2.24, 2.45) is 0 Å². The van der Waals surface area contributed by atoms with Crippen LogP contribution >= 0.6 is 0 Å². The van der Waals surface area contributed by atoms with Gasteiger partial charge in [0.1, 0.15) is 6.61 Å². The van der Waals surface area contributed by atoms with Gasteiger partial charge in [0.25, 0.3) is 0 Å². The molecule has 19 heavy (non-hydrogen) atoms. The van der Waals surface area contributed by atoms with Crippen LogP contribution < -0.4 is 11.1 Å². The second-order valence-corrected chi connectivity index (χ2v) is 4.79. The Bertz CT molecular complexity index is 442. The van der Waals surface area contributed by atoms with Crippen LogP contribution in [0.5, 0.6) is 0 Å². The Hall–Kier alpha value is -1.59. The van der Waals surface area contributed by atoms with E-state index in [-0.39, 0.29) is 18.6 Å². The minimum atomic E-state index is -0.200. The van der Waals surface area contributed by atoms with Gasteiger partial charge in [-0.1, -0.05) is 6.07 Å². The van der Waals surface area contributed by atoms with Crippen molar-refractivity contribution >= 4 is 17.3 Å². The fourth-order valence-electron chi connectivity index (χ4n) is 2.04. The molecule has 1 amide bonds. The SMILES string of the molecule is Cc1ccc(NC(=O)COCC2CCCO2)c(N)c1. The Morgan fingerprint density at radius 3 is 3.11 bits per heavy atom. The number of benzene rings is 1. The number of ether oxygens (including phenoxy) is 2. The molecule has 1 saturated heterocycles. The first kappa shape index (κ1) is 13.8. The van der Waals surface area contributed by atoms with Crippen LogP contribution in [-0.2, 0) is 14.3 Å². The summed E-state index contributed by atoms with van der Waals surface area (Å²) < 4.78 is 10.7. The first-order chi connectivity index (χ1) is 9.15. The molecular formula is C14H20N2O3. The third kappa shape index (κ3) is 4.22. The van der Waals surface area contributed by atoms with Crippen LogP contribution in [-0.4, -0.2) is 31.8 Å². The van der Waals surface area contributed by atoms with Crippen molar-refractivity contribution in [3.05, 3.63) is 23.8 Å². The Labute approximate surface area is 113 Å². The maximum atomic E-state index is 11.7. The van der Waals surface area contributed by atoms with E-state index in [4.69, 9.17) is 15.2 Å². The summed E-state index contributed by atoms with van der Waals surface area (Å²) in [6.45, 7) is 3.23. The molecule has 104 valence electrons. The predicted octanol–water partition coefficient (Wildman–Crippen LogP) is 1.71. The monoisotopic (exact) mass is 264 g/mol. The number of nitrogens with one attached hydrogen (secondary N) is 1. The first-order valence-corrected chi connectivity index (χ1v) is 6.50. The third-order valence-corrected chi connectivity index (χ3v) is 3.04. The largest absolute Gasteiger partial charge is 0.397 e. The first-order valence-electron chi connectivity index (χ1n) is 6.50. The molecule has 5 heteroatoms. The maximum Gasteiger partial charge on any atom is 0.250 e. The highest BCUT2D eigenvalue weighted by molar-refractivity contribution is 5.94. The number of rotatable bonds is 5. The van der Waals surface area contributed by atoms with Crippen LogP contribution in [0.4, 0.5) is 11.4 Å². The third-order valence-electron chi connectivity index (χ3n) is 3.04. The van der Waals surface area contributed by atoms with Gasteiger partial charge in [0.15, 0.2) is 0 Å². The Balaban J connectivity index is 1.74. The Morgan fingerprint density at radius 2 is 2.42 bits per heavy atom. The molecule has 1 aromatic rings. The van der Waals surface area contributed by atoms with Crippen molar-refractivity contribution in [2.45, 2.75) is 25.9 Å². The van der Waals surface area contributed by atoms with E-state index in [0.29, 0.717) is 18.0 Å². The molecule has 0 aromatic heterocycles. The van der Waals surface area contributed by atoms with Crippen molar-refractivity contribution in [3.63, 3.8) is 0 Å². The van der Waals surface area contributed by atoms with Crippen LogP contribution in [0.15, 0.2) is 18.2 Å². The van der Waals surface area contributed by atoms with E-state index in [1.165, 1.54) is 0 Å². The normalized spacial score (nSPS) is 18.5. The quantitative estimate of drug-likeness (QED) is 0.794. The second-order valence-electron chi connectivity index (χ2n) is 4.79. The van der Waals surface area contributed by atoms with Crippen molar-refractivity contribution in [1.29, 1.82) is 0 Å². The molecule has 0 spiro atoms. The summed E-state index contributed by atoms with van der Waals surface area (Å²) in [5.41, 5.74) is 8.07. The van der Waals surface area contributed by atoms with Gasteiger partial charge in [-0.3, -0.25) is 4.79 Å². The summed E-state index contributed by atoms with van der Waals surface area (Å²) in [5.74, 6) is -0.200. The van der Waals surface area contributed by atoms with Gasteiger partial charge in [-0.25, -0.2) is 0 Å². The summed E-state index contributed by atoms with van der Waals surface area (Å²) in [4.78, 5) is 11.7. The number of hydrogen-bond donors (Lipinski definition) is 2. The van der Waals surface area contributed by atoms with Gasteiger partial charge in [-0.2, -0.15) is 0 Å². The lowest BCUT2D eigenvalue weighted by Gasteiger charge is -2.11. The van der Waals surface area contributed by atoms with Gasteiger partial charge in [-0.05, 0) is 37.5 Å². The highest BCUT2D eigenvalue weighted by Gasteiger charge is 2.16. The van der Waals surface area contributed by atoms with Gasteiger partial charge in [0, 0.05) is 6.61 Å². The molecule has 1 heterocycles. The molecule has 1 unspecified atom stereocenters. The van der Waals surface area contributed by atoms with Crippen molar-refractivity contribution in [2.75, 3.05) is 30.9 Å². The highest BCUT2D eigenvalue weighted by Crippen LogP contribution is 2.19. The Kier molecular flexibility index (Phi) is 4.76. The average molecular weight is 264 g/mol. The summed E-state index contributed by atoms with van der Waals surface area (Å²) >= 11 is 0. The molecule has 3 N–H and O–H groups in total. The number of hydrogen-bond acceptors (Lipinski definition) is 4. The van der Waals surface area contributed by atoms with Gasteiger partial charge in [0.2, 0.25) is 5.91 Å². The summed E-state index contributed by atoms with van der Waals surface area (Å²) in [6, 6.07) is 5.52. The molecular weight excluding hydrogens is 244 g/mol. The molecule has 1 aliphatic rings. The molecule has 5 nitrogen and oxygen atoms in total. The zero-order valence-corrected chi connectivity index (χ0v) is 11.1. The van der Waals surface area contributed by atoms with Crippen LogP contribution in [0.2, 0.25) is 0 Å². The summed E-state index contributed by atoms with van der Waals surface area (Å²) in [7, 11) is 0. The highest BCUT2D eigenvalue weighted by atomic mass is 16.5. The van der Waals surface area contributed by atoms with Crippen molar-refractivity contribution in [3.8, 4) is 0 Å². The second kappa shape index (κ2) is 6.54. The van der Waals surface area contributed by atoms with Crippen LogP contribution in [0.1, 0.15) is 18.4 Å². The molecule has 1 atom stereocenters. The molecule has 1 aromatic carbocycles. The van der Waals surface area contributed by atoms with E-state index < -0.39 is 0 Å². The number of anilines is 2. The fraction of sp³-hybridized carbons (Fsp3) is 0.500. The molecule has 0 saturated carbocycles.